The molecule has 0 spiro atoms. The molecule has 0 unspecified atom stereocenters. The van der Waals surface area contributed by atoms with Crippen molar-refractivity contribution in [2.75, 3.05) is 18.5 Å². The molecular weight excluding hydrogens is 204 g/mol. The summed E-state index contributed by atoms with van der Waals surface area (Å²) in [4.78, 5) is 0. The largest absolute Gasteiger partial charge is 0.381 e. The lowest BCUT2D eigenvalue weighted by molar-refractivity contribution is 0.108. The van der Waals surface area contributed by atoms with Crippen LogP contribution in [0.4, 0.5) is 0 Å². The average molecular weight is 221 g/mol. The minimum absolute atomic E-state index is 0.929. The van der Waals surface area contributed by atoms with Crippen LogP contribution in [-0.4, -0.2) is 18.5 Å². The molecule has 0 aromatic heterocycles. The first-order chi connectivity index (χ1) is 5.43. The maximum atomic E-state index is 5.45. The summed E-state index contributed by atoms with van der Waals surface area (Å²) in [7, 11) is 0. The summed E-state index contributed by atoms with van der Waals surface area (Å²) in [6.45, 7) is 1.91. The first-order valence-corrected chi connectivity index (χ1v) is 5.69. The Morgan fingerprint density at radius 3 is 2.64 bits per heavy atom. The number of hydrogen-bond donors (Lipinski definition) is 0. The van der Waals surface area contributed by atoms with Crippen molar-refractivity contribution < 1.29 is 4.74 Å². The number of rotatable bonds is 6. The van der Waals surface area contributed by atoms with Gasteiger partial charge in [0.1, 0.15) is 0 Å². The molecule has 1 fully saturated rings. The molecule has 0 aromatic rings. The van der Waals surface area contributed by atoms with Gasteiger partial charge in [-0.25, -0.2) is 0 Å². The number of ether oxygens (including phenoxy) is 1. The standard InChI is InChI=1S/C9H17BrO/c10-6-2-7-11-8-5-9-3-1-4-9/h9H,1-8H2. The molecule has 1 aliphatic rings. The SMILES string of the molecule is BrCCCOCCC1CCC1. The second-order valence-electron chi connectivity index (χ2n) is 3.24. The molecule has 1 rings (SSSR count). The van der Waals surface area contributed by atoms with Gasteiger partial charge in [-0.1, -0.05) is 35.2 Å². The van der Waals surface area contributed by atoms with Crippen molar-refractivity contribution in [3.05, 3.63) is 0 Å². The maximum Gasteiger partial charge on any atom is 0.0474 e. The van der Waals surface area contributed by atoms with E-state index in [2.05, 4.69) is 15.9 Å². The van der Waals surface area contributed by atoms with Crippen LogP contribution in [0.1, 0.15) is 32.1 Å². The maximum absolute atomic E-state index is 5.45. The minimum atomic E-state index is 0.929. The molecule has 0 aromatic carbocycles. The van der Waals surface area contributed by atoms with E-state index in [4.69, 9.17) is 4.74 Å². The zero-order chi connectivity index (χ0) is 7.94. The predicted octanol–water partition coefficient (Wildman–Crippen LogP) is 2.98. The quantitative estimate of drug-likeness (QED) is 0.495. The fourth-order valence-electron chi connectivity index (χ4n) is 1.29. The smallest absolute Gasteiger partial charge is 0.0474 e. The normalized spacial score (nSPS) is 18.3. The van der Waals surface area contributed by atoms with Crippen molar-refractivity contribution in [1.29, 1.82) is 0 Å². The molecule has 0 atom stereocenters. The summed E-state index contributed by atoms with van der Waals surface area (Å²) in [6, 6.07) is 0. The van der Waals surface area contributed by atoms with Crippen LogP contribution in [0.5, 0.6) is 0 Å². The second-order valence-corrected chi connectivity index (χ2v) is 4.03. The fourth-order valence-corrected chi connectivity index (χ4v) is 1.52. The molecule has 0 radical (unpaired) electrons. The number of hydrogen-bond acceptors (Lipinski definition) is 1. The molecule has 0 heterocycles. The van der Waals surface area contributed by atoms with Gasteiger partial charge in [-0.2, -0.15) is 0 Å². The van der Waals surface area contributed by atoms with Crippen LogP contribution in [0, 0.1) is 5.92 Å². The minimum Gasteiger partial charge on any atom is -0.381 e. The van der Waals surface area contributed by atoms with Gasteiger partial charge in [-0.3, -0.25) is 0 Å². The van der Waals surface area contributed by atoms with Crippen LogP contribution >= 0.6 is 15.9 Å². The van der Waals surface area contributed by atoms with Crippen LogP contribution in [0.3, 0.4) is 0 Å². The zero-order valence-electron chi connectivity index (χ0n) is 7.02. The Labute approximate surface area is 77.6 Å². The third-order valence-corrected chi connectivity index (χ3v) is 2.88. The Morgan fingerprint density at radius 2 is 2.09 bits per heavy atom. The topological polar surface area (TPSA) is 9.23 Å². The van der Waals surface area contributed by atoms with Crippen molar-refractivity contribution in [3.8, 4) is 0 Å². The van der Waals surface area contributed by atoms with Gasteiger partial charge in [0, 0.05) is 18.5 Å². The molecule has 0 bridgehead atoms. The summed E-state index contributed by atoms with van der Waals surface area (Å²) >= 11 is 3.38. The van der Waals surface area contributed by atoms with E-state index in [9.17, 15) is 0 Å². The third-order valence-electron chi connectivity index (χ3n) is 2.32. The van der Waals surface area contributed by atoms with E-state index in [0.29, 0.717) is 0 Å². The molecule has 0 amide bonds. The van der Waals surface area contributed by atoms with E-state index in [1.54, 1.807) is 0 Å². The molecule has 1 saturated carbocycles. The van der Waals surface area contributed by atoms with Crippen molar-refractivity contribution in [2.24, 2.45) is 5.92 Å². The molecular formula is C9H17BrO. The van der Waals surface area contributed by atoms with Gasteiger partial charge in [0.25, 0.3) is 0 Å². The van der Waals surface area contributed by atoms with Crippen molar-refractivity contribution in [2.45, 2.75) is 32.1 Å². The van der Waals surface area contributed by atoms with E-state index in [1.807, 2.05) is 0 Å². The molecule has 66 valence electrons. The van der Waals surface area contributed by atoms with Crippen LogP contribution in [0.2, 0.25) is 0 Å². The highest BCUT2D eigenvalue weighted by molar-refractivity contribution is 9.09. The van der Waals surface area contributed by atoms with E-state index >= 15 is 0 Å². The highest BCUT2D eigenvalue weighted by atomic mass is 79.9. The van der Waals surface area contributed by atoms with Gasteiger partial charge < -0.3 is 4.74 Å². The van der Waals surface area contributed by atoms with Crippen LogP contribution < -0.4 is 0 Å². The highest BCUT2D eigenvalue weighted by Crippen LogP contribution is 2.28. The second kappa shape index (κ2) is 6.01. The summed E-state index contributed by atoms with van der Waals surface area (Å²) in [6.07, 6.45) is 6.78. The Bertz CT molecular complexity index is 91.6. The predicted molar refractivity (Wildman–Crippen MR) is 51.2 cm³/mol. The number of alkyl halides is 1. The molecule has 1 nitrogen and oxygen atoms in total. The van der Waals surface area contributed by atoms with Crippen molar-refractivity contribution in [3.63, 3.8) is 0 Å². The van der Waals surface area contributed by atoms with E-state index in [1.165, 1.54) is 25.7 Å². The van der Waals surface area contributed by atoms with Crippen LogP contribution in [0.15, 0.2) is 0 Å². The lowest BCUT2D eigenvalue weighted by Crippen LogP contribution is -2.13. The Balaban J connectivity index is 1.73. The summed E-state index contributed by atoms with van der Waals surface area (Å²) in [5.74, 6) is 0.999. The molecule has 0 aliphatic heterocycles. The Morgan fingerprint density at radius 1 is 1.27 bits per heavy atom. The Kier molecular flexibility index (Phi) is 5.21. The molecule has 2 heteroatoms. The lowest BCUT2D eigenvalue weighted by atomic mass is 9.83. The molecule has 1 aliphatic carbocycles. The van der Waals surface area contributed by atoms with Crippen molar-refractivity contribution in [1.82, 2.24) is 0 Å². The summed E-state index contributed by atoms with van der Waals surface area (Å²) in [5, 5.41) is 1.07. The monoisotopic (exact) mass is 220 g/mol. The van der Waals surface area contributed by atoms with Gasteiger partial charge in [0.05, 0.1) is 0 Å². The molecule has 11 heavy (non-hydrogen) atoms. The summed E-state index contributed by atoms with van der Waals surface area (Å²) in [5.41, 5.74) is 0. The lowest BCUT2D eigenvalue weighted by Gasteiger charge is -2.24. The number of halogens is 1. The zero-order valence-corrected chi connectivity index (χ0v) is 8.61. The molecule has 0 saturated heterocycles. The van der Waals surface area contributed by atoms with Crippen LogP contribution in [-0.2, 0) is 4.74 Å². The van der Waals surface area contributed by atoms with Gasteiger partial charge in [0.15, 0.2) is 0 Å². The summed E-state index contributed by atoms with van der Waals surface area (Å²) < 4.78 is 5.45. The van der Waals surface area contributed by atoms with Gasteiger partial charge in [-0.15, -0.1) is 0 Å². The fraction of sp³-hybridized carbons (Fsp3) is 1.00. The van der Waals surface area contributed by atoms with Crippen molar-refractivity contribution >= 4 is 15.9 Å². The highest BCUT2D eigenvalue weighted by Gasteiger charge is 2.16. The van der Waals surface area contributed by atoms with E-state index < -0.39 is 0 Å². The average Bonchev–Trinajstić information content (AvgIpc) is 1.93. The first kappa shape index (κ1) is 9.53. The van der Waals surface area contributed by atoms with Gasteiger partial charge in [0.2, 0.25) is 0 Å². The van der Waals surface area contributed by atoms with Gasteiger partial charge >= 0.3 is 0 Å². The van der Waals surface area contributed by atoms with Gasteiger partial charge in [-0.05, 0) is 18.8 Å². The first-order valence-electron chi connectivity index (χ1n) is 4.57. The third kappa shape index (κ3) is 4.12. The van der Waals surface area contributed by atoms with E-state index in [0.717, 1.165) is 30.9 Å². The Hall–Kier alpha value is 0.440. The van der Waals surface area contributed by atoms with Crippen LogP contribution in [0.25, 0.3) is 0 Å². The van der Waals surface area contributed by atoms with E-state index in [-0.39, 0.29) is 0 Å². The molecule has 0 N–H and O–H groups in total.